The fraction of sp³-hybridized carbons (Fsp3) is 0.333. The highest BCUT2D eigenvalue weighted by Gasteiger charge is 2.07. The summed E-state index contributed by atoms with van der Waals surface area (Å²) in [5.41, 5.74) is 1.63. The van der Waals surface area contributed by atoms with E-state index in [1.165, 1.54) is 12.1 Å². The number of aromatic nitrogens is 3. The van der Waals surface area contributed by atoms with E-state index < -0.39 is 4.92 Å². The van der Waals surface area contributed by atoms with Crippen LogP contribution in [0.5, 0.6) is 0 Å². The first-order chi connectivity index (χ1) is 9.06. The van der Waals surface area contributed by atoms with Crippen molar-refractivity contribution in [3.8, 4) is 5.69 Å². The number of nitro benzene ring substituents is 1. The predicted molar refractivity (Wildman–Crippen MR) is 70.0 cm³/mol. The third-order valence-electron chi connectivity index (χ3n) is 2.56. The summed E-state index contributed by atoms with van der Waals surface area (Å²) in [6, 6.07) is 6.56. The van der Waals surface area contributed by atoms with E-state index >= 15 is 0 Å². The molecule has 2 rings (SSSR count). The van der Waals surface area contributed by atoms with Crippen molar-refractivity contribution >= 4 is 5.69 Å². The summed E-state index contributed by atoms with van der Waals surface area (Å²) in [4.78, 5) is 10.1. The highest BCUT2D eigenvalue weighted by atomic mass is 16.6. The largest absolute Gasteiger partial charge is 0.309 e. The van der Waals surface area contributed by atoms with Gasteiger partial charge in [-0.3, -0.25) is 10.1 Å². The van der Waals surface area contributed by atoms with Crippen molar-refractivity contribution in [2.24, 2.45) is 0 Å². The Morgan fingerprint density at radius 1 is 1.37 bits per heavy atom. The molecule has 0 amide bonds. The van der Waals surface area contributed by atoms with Crippen molar-refractivity contribution in [1.29, 1.82) is 0 Å². The van der Waals surface area contributed by atoms with Crippen molar-refractivity contribution < 1.29 is 4.92 Å². The maximum atomic E-state index is 10.6. The first-order valence-electron chi connectivity index (χ1n) is 5.95. The monoisotopic (exact) mass is 261 g/mol. The van der Waals surface area contributed by atoms with Crippen molar-refractivity contribution in [2.75, 3.05) is 0 Å². The SMILES string of the molecule is CC(C)NCc1cn(-c2ccc([N+](=O)[O-])cc2)nn1. The van der Waals surface area contributed by atoms with Crippen molar-refractivity contribution in [3.05, 3.63) is 46.3 Å². The van der Waals surface area contributed by atoms with Crippen molar-refractivity contribution in [3.63, 3.8) is 0 Å². The Balaban J connectivity index is 2.11. The minimum atomic E-state index is -0.427. The molecule has 19 heavy (non-hydrogen) atoms. The summed E-state index contributed by atoms with van der Waals surface area (Å²) < 4.78 is 1.60. The van der Waals surface area contributed by atoms with Crippen molar-refractivity contribution in [2.45, 2.75) is 26.4 Å². The minimum Gasteiger partial charge on any atom is -0.309 e. The Kier molecular flexibility index (Phi) is 3.86. The first-order valence-corrected chi connectivity index (χ1v) is 5.95. The van der Waals surface area contributed by atoms with Gasteiger partial charge in [0, 0.05) is 24.7 Å². The molecule has 7 nitrogen and oxygen atoms in total. The van der Waals surface area contributed by atoms with Crippen LogP contribution in [0.15, 0.2) is 30.5 Å². The van der Waals surface area contributed by atoms with Gasteiger partial charge in [-0.15, -0.1) is 5.10 Å². The topological polar surface area (TPSA) is 85.9 Å². The molecule has 0 unspecified atom stereocenters. The van der Waals surface area contributed by atoms with E-state index in [2.05, 4.69) is 29.5 Å². The number of non-ortho nitro benzene ring substituents is 1. The zero-order chi connectivity index (χ0) is 13.8. The molecule has 7 heteroatoms. The van der Waals surface area contributed by atoms with E-state index in [0.717, 1.165) is 11.4 Å². The molecule has 0 bridgehead atoms. The summed E-state index contributed by atoms with van der Waals surface area (Å²) in [6.45, 7) is 4.76. The third kappa shape index (κ3) is 3.35. The molecule has 0 fully saturated rings. The second kappa shape index (κ2) is 5.57. The van der Waals surface area contributed by atoms with Crippen LogP contribution in [0.25, 0.3) is 5.69 Å². The lowest BCUT2D eigenvalue weighted by Gasteiger charge is -2.04. The van der Waals surface area contributed by atoms with Crippen LogP contribution in [0.2, 0.25) is 0 Å². The van der Waals surface area contributed by atoms with E-state index in [9.17, 15) is 10.1 Å². The van der Waals surface area contributed by atoms with Crippen LogP contribution in [-0.2, 0) is 6.54 Å². The smallest absolute Gasteiger partial charge is 0.269 e. The number of benzene rings is 1. The molecular formula is C12H15N5O2. The summed E-state index contributed by atoms with van der Waals surface area (Å²) in [5, 5.41) is 21.8. The zero-order valence-corrected chi connectivity index (χ0v) is 10.8. The Hall–Kier alpha value is -2.28. The Morgan fingerprint density at radius 2 is 2.05 bits per heavy atom. The molecule has 0 spiro atoms. The molecule has 1 heterocycles. The molecule has 0 atom stereocenters. The number of nitro groups is 1. The molecular weight excluding hydrogens is 246 g/mol. The molecule has 0 aliphatic heterocycles. The Labute approximate surface area is 110 Å². The molecule has 2 aromatic rings. The average Bonchev–Trinajstić information content (AvgIpc) is 2.85. The Morgan fingerprint density at radius 3 is 2.63 bits per heavy atom. The van der Waals surface area contributed by atoms with Crippen molar-refractivity contribution in [1.82, 2.24) is 20.3 Å². The van der Waals surface area contributed by atoms with E-state index in [1.54, 1.807) is 23.0 Å². The molecule has 0 saturated carbocycles. The summed E-state index contributed by atoms with van der Waals surface area (Å²) >= 11 is 0. The second-order valence-electron chi connectivity index (χ2n) is 4.46. The van der Waals surface area contributed by atoms with E-state index in [-0.39, 0.29) is 5.69 Å². The molecule has 0 radical (unpaired) electrons. The molecule has 0 aliphatic carbocycles. The summed E-state index contributed by atoms with van der Waals surface area (Å²) in [6.07, 6.45) is 1.80. The highest BCUT2D eigenvalue weighted by molar-refractivity contribution is 5.40. The second-order valence-corrected chi connectivity index (χ2v) is 4.46. The lowest BCUT2D eigenvalue weighted by molar-refractivity contribution is -0.384. The van der Waals surface area contributed by atoms with Gasteiger partial charge >= 0.3 is 0 Å². The van der Waals surface area contributed by atoms with Crippen LogP contribution in [0.1, 0.15) is 19.5 Å². The van der Waals surface area contributed by atoms with Gasteiger partial charge in [0.05, 0.1) is 22.5 Å². The predicted octanol–water partition coefficient (Wildman–Crippen LogP) is 1.67. The van der Waals surface area contributed by atoms with Crippen LogP contribution in [0.4, 0.5) is 5.69 Å². The summed E-state index contributed by atoms with van der Waals surface area (Å²) in [7, 11) is 0. The van der Waals surface area contributed by atoms with Crippen LogP contribution >= 0.6 is 0 Å². The van der Waals surface area contributed by atoms with Crippen LogP contribution in [0, 0.1) is 10.1 Å². The lowest BCUT2D eigenvalue weighted by atomic mass is 10.3. The fourth-order valence-corrected chi connectivity index (χ4v) is 1.54. The fourth-order valence-electron chi connectivity index (χ4n) is 1.54. The van der Waals surface area contributed by atoms with E-state index in [4.69, 9.17) is 0 Å². The average molecular weight is 261 g/mol. The van der Waals surface area contributed by atoms with Gasteiger partial charge in [-0.1, -0.05) is 19.1 Å². The maximum Gasteiger partial charge on any atom is 0.269 e. The van der Waals surface area contributed by atoms with Crippen LogP contribution in [-0.4, -0.2) is 26.0 Å². The first kappa shape index (κ1) is 13.2. The standard InChI is InChI=1S/C12H15N5O2/c1-9(2)13-7-10-8-16(15-14-10)11-3-5-12(6-4-11)17(18)19/h3-6,8-9,13H,7H2,1-2H3. The number of hydrogen-bond donors (Lipinski definition) is 1. The molecule has 0 aliphatic rings. The van der Waals surface area contributed by atoms with Crippen LogP contribution < -0.4 is 5.32 Å². The highest BCUT2D eigenvalue weighted by Crippen LogP contribution is 2.14. The molecule has 1 aromatic heterocycles. The van der Waals surface area contributed by atoms with Gasteiger partial charge in [-0.25, -0.2) is 4.68 Å². The van der Waals surface area contributed by atoms with Gasteiger partial charge < -0.3 is 5.32 Å². The molecule has 1 N–H and O–H groups in total. The quantitative estimate of drug-likeness (QED) is 0.653. The van der Waals surface area contributed by atoms with Gasteiger partial charge in [0.25, 0.3) is 5.69 Å². The number of nitrogens with one attached hydrogen (secondary N) is 1. The number of rotatable bonds is 5. The Bertz CT molecular complexity index is 562. The molecule has 100 valence electrons. The van der Waals surface area contributed by atoms with E-state index in [0.29, 0.717) is 12.6 Å². The minimum absolute atomic E-state index is 0.0607. The summed E-state index contributed by atoms with van der Waals surface area (Å²) in [5.74, 6) is 0. The van der Waals surface area contributed by atoms with E-state index in [1.807, 2.05) is 0 Å². The van der Waals surface area contributed by atoms with Gasteiger partial charge in [0.2, 0.25) is 0 Å². The van der Waals surface area contributed by atoms with Gasteiger partial charge in [-0.05, 0) is 12.1 Å². The normalized spacial score (nSPS) is 10.9. The van der Waals surface area contributed by atoms with Gasteiger partial charge in [-0.2, -0.15) is 0 Å². The number of hydrogen-bond acceptors (Lipinski definition) is 5. The zero-order valence-electron chi connectivity index (χ0n) is 10.8. The van der Waals surface area contributed by atoms with Gasteiger partial charge in [0.15, 0.2) is 0 Å². The lowest BCUT2D eigenvalue weighted by Crippen LogP contribution is -2.21. The third-order valence-corrected chi connectivity index (χ3v) is 2.56. The number of nitrogens with zero attached hydrogens (tertiary/aromatic N) is 4. The molecule has 1 aromatic carbocycles. The van der Waals surface area contributed by atoms with Crippen LogP contribution in [0.3, 0.4) is 0 Å². The molecule has 0 saturated heterocycles. The maximum absolute atomic E-state index is 10.6. The van der Waals surface area contributed by atoms with Gasteiger partial charge in [0.1, 0.15) is 0 Å².